The summed E-state index contributed by atoms with van der Waals surface area (Å²) in [5, 5.41) is 0.884. The molecule has 2 atom stereocenters. The van der Waals surface area contributed by atoms with Crippen molar-refractivity contribution in [2.75, 3.05) is 24.9 Å². The van der Waals surface area contributed by atoms with Crippen molar-refractivity contribution in [3.8, 4) is 5.75 Å². The minimum Gasteiger partial charge on any atom is -0.486 e. The van der Waals surface area contributed by atoms with Gasteiger partial charge in [-0.3, -0.25) is 4.79 Å². The maximum absolute atomic E-state index is 13.1. The van der Waals surface area contributed by atoms with Crippen LogP contribution in [0.4, 0.5) is 5.69 Å². The molecule has 1 amide bonds. The second-order valence-corrected chi connectivity index (χ2v) is 8.69. The van der Waals surface area contributed by atoms with Gasteiger partial charge in [-0.05, 0) is 49.7 Å². The second kappa shape index (κ2) is 10.1. The number of nitrogens with zero attached hydrogens (tertiary/aromatic N) is 2. The Labute approximate surface area is 193 Å². The van der Waals surface area contributed by atoms with Crippen LogP contribution in [0.15, 0.2) is 71.9 Å². The van der Waals surface area contributed by atoms with Crippen LogP contribution in [0.5, 0.6) is 5.75 Å². The van der Waals surface area contributed by atoms with E-state index in [1.54, 1.807) is 13.3 Å². The zero-order valence-corrected chi connectivity index (χ0v) is 19.3. The molecule has 1 saturated heterocycles. The van der Waals surface area contributed by atoms with Crippen molar-refractivity contribution >= 4 is 23.5 Å². The topological polar surface area (TPSA) is 63.7 Å². The van der Waals surface area contributed by atoms with E-state index in [0.717, 1.165) is 33.2 Å². The average molecular weight is 450 g/mol. The summed E-state index contributed by atoms with van der Waals surface area (Å²) in [5.41, 5.74) is 3.69. The number of hydrogen-bond donors (Lipinski definition) is 1. The molecule has 1 aliphatic rings. The van der Waals surface area contributed by atoms with E-state index < -0.39 is 0 Å². The van der Waals surface area contributed by atoms with Gasteiger partial charge in [0.1, 0.15) is 23.0 Å². The quantitative estimate of drug-likeness (QED) is 0.526. The van der Waals surface area contributed by atoms with Crippen molar-refractivity contribution in [2.45, 2.75) is 31.1 Å². The molecule has 0 spiro atoms. The highest BCUT2D eigenvalue weighted by atomic mass is 32.2. The predicted molar refractivity (Wildman–Crippen MR) is 127 cm³/mol. The van der Waals surface area contributed by atoms with Gasteiger partial charge in [0.05, 0.1) is 13.1 Å². The number of ether oxygens (including phenoxy) is 2. The fraction of sp³-hybridized carbons (Fsp3) is 0.280. The molecule has 1 aromatic heterocycles. The molecule has 0 radical (unpaired) electrons. The summed E-state index contributed by atoms with van der Waals surface area (Å²) in [4.78, 5) is 19.3. The van der Waals surface area contributed by atoms with E-state index in [1.807, 2.05) is 79.4 Å². The lowest BCUT2D eigenvalue weighted by atomic mass is 10.0. The molecule has 1 N–H and O–H groups in total. The first-order chi connectivity index (χ1) is 15.5. The molecule has 2 unspecified atom stereocenters. The fourth-order valence-corrected chi connectivity index (χ4v) is 4.32. The molecule has 7 heteroatoms. The predicted octanol–water partition coefficient (Wildman–Crippen LogP) is 4.74. The fourth-order valence-electron chi connectivity index (χ4n) is 3.71. The highest BCUT2D eigenvalue weighted by molar-refractivity contribution is 8.00. The van der Waals surface area contributed by atoms with Crippen molar-refractivity contribution in [1.82, 2.24) is 9.88 Å². The van der Waals surface area contributed by atoms with Crippen molar-refractivity contribution in [2.24, 2.45) is 0 Å². The van der Waals surface area contributed by atoms with Crippen LogP contribution in [0.3, 0.4) is 0 Å². The van der Waals surface area contributed by atoms with E-state index in [2.05, 4.69) is 9.71 Å². The largest absolute Gasteiger partial charge is 0.486 e. The Bertz CT molecular complexity index is 1080. The van der Waals surface area contributed by atoms with Gasteiger partial charge >= 0.3 is 0 Å². The van der Waals surface area contributed by atoms with E-state index in [0.29, 0.717) is 13.1 Å². The number of carbonyl (C=O) groups excluding carboxylic acids is 1. The van der Waals surface area contributed by atoms with Gasteiger partial charge in [-0.2, -0.15) is 0 Å². The van der Waals surface area contributed by atoms with Crippen LogP contribution in [0.2, 0.25) is 0 Å². The van der Waals surface area contributed by atoms with Crippen molar-refractivity contribution in [3.63, 3.8) is 0 Å². The summed E-state index contributed by atoms with van der Waals surface area (Å²) >= 11 is 1.44. The van der Waals surface area contributed by atoms with Gasteiger partial charge in [-0.1, -0.05) is 29.8 Å². The number of hydrogen-bond acceptors (Lipinski definition) is 6. The Kier molecular flexibility index (Phi) is 6.97. The Morgan fingerprint density at radius 1 is 1.06 bits per heavy atom. The van der Waals surface area contributed by atoms with Crippen LogP contribution in [-0.2, 0) is 4.74 Å². The van der Waals surface area contributed by atoms with Crippen molar-refractivity contribution in [1.29, 1.82) is 0 Å². The molecule has 166 valence electrons. The van der Waals surface area contributed by atoms with Crippen LogP contribution in [-0.4, -0.2) is 48.2 Å². The van der Waals surface area contributed by atoms with Gasteiger partial charge < -0.3 is 19.1 Å². The molecule has 1 fully saturated rings. The first-order valence-corrected chi connectivity index (χ1v) is 11.3. The van der Waals surface area contributed by atoms with Crippen LogP contribution in [0, 0.1) is 13.8 Å². The number of aryl methyl sites for hydroxylation is 2. The first-order valence-electron chi connectivity index (χ1n) is 10.5. The summed E-state index contributed by atoms with van der Waals surface area (Å²) < 4.78 is 15.2. The van der Waals surface area contributed by atoms with Gasteiger partial charge in [-0.15, -0.1) is 0 Å². The van der Waals surface area contributed by atoms with E-state index in [-0.39, 0.29) is 18.1 Å². The van der Waals surface area contributed by atoms with Crippen molar-refractivity contribution in [3.05, 3.63) is 83.6 Å². The maximum atomic E-state index is 13.1. The van der Waals surface area contributed by atoms with Gasteiger partial charge in [0, 0.05) is 42.6 Å². The summed E-state index contributed by atoms with van der Waals surface area (Å²) in [7, 11) is 1.66. The Balaban J connectivity index is 1.42. The molecular formula is C25H27N3O3S. The number of nitrogens with one attached hydrogen (secondary N) is 1. The van der Waals surface area contributed by atoms with E-state index in [1.165, 1.54) is 11.9 Å². The van der Waals surface area contributed by atoms with Crippen LogP contribution in [0.1, 0.15) is 21.5 Å². The molecular weight excluding hydrogens is 422 g/mol. The minimum absolute atomic E-state index is 0.0153. The number of methoxy groups -OCH3 is 1. The van der Waals surface area contributed by atoms with Gasteiger partial charge in [0.2, 0.25) is 0 Å². The van der Waals surface area contributed by atoms with Crippen LogP contribution in [0.25, 0.3) is 0 Å². The molecule has 1 aliphatic heterocycles. The number of rotatable bonds is 7. The third-order valence-electron chi connectivity index (χ3n) is 5.46. The molecule has 0 saturated carbocycles. The zero-order chi connectivity index (χ0) is 22.5. The number of carbonyl (C=O) groups is 1. The monoisotopic (exact) mass is 449 g/mol. The van der Waals surface area contributed by atoms with Crippen LogP contribution < -0.4 is 9.46 Å². The standard InChI is InChI=1S/C25H27N3O3S/c1-17-10-11-18(2)21(13-17)25(29)28-15-22(30-3)23(16-28)31-20-8-6-7-19(14-20)27-32-24-9-4-5-12-26-24/h4-14,22-23,27H,15-16H2,1-3H3. The number of pyridine rings is 1. The summed E-state index contributed by atoms with van der Waals surface area (Å²) in [6.45, 7) is 4.94. The number of anilines is 1. The lowest BCUT2D eigenvalue weighted by Crippen LogP contribution is -2.32. The third-order valence-corrected chi connectivity index (χ3v) is 6.25. The Morgan fingerprint density at radius 2 is 1.91 bits per heavy atom. The molecule has 2 aromatic carbocycles. The van der Waals surface area contributed by atoms with E-state index in [4.69, 9.17) is 9.47 Å². The van der Waals surface area contributed by atoms with Gasteiger partial charge in [0.25, 0.3) is 5.91 Å². The zero-order valence-electron chi connectivity index (χ0n) is 18.4. The summed E-state index contributed by atoms with van der Waals surface area (Å²) in [6, 6.07) is 19.5. The van der Waals surface area contributed by atoms with Crippen molar-refractivity contribution < 1.29 is 14.3 Å². The Hall–Kier alpha value is -3.03. The molecule has 2 heterocycles. The van der Waals surface area contributed by atoms with E-state index in [9.17, 15) is 4.79 Å². The van der Waals surface area contributed by atoms with Gasteiger partial charge in [-0.25, -0.2) is 4.98 Å². The molecule has 32 heavy (non-hydrogen) atoms. The SMILES string of the molecule is COC1CN(C(=O)c2cc(C)ccc2C)CC1Oc1cccc(NSc2ccccn2)c1. The normalized spacial score (nSPS) is 17.9. The molecule has 4 rings (SSSR count). The number of benzene rings is 2. The number of likely N-dealkylation sites (tertiary alicyclic amines) is 1. The lowest BCUT2D eigenvalue weighted by molar-refractivity contribution is 0.0340. The molecule has 0 bridgehead atoms. The van der Waals surface area contributed by atoms with E-state index >= 15 is 0 Å². The molecule has 6 nitrogen and oxygen atoms in total. The highest BCUT2D eigenvalue weighted by Gasteiger charge is 2.37. The average Bonchev–Trinajstić information content (AvgIpc) is 3.22. The lowest BCUT2D eigenvalue weighted by Gasteiger charge is -2.19. The number of aromatic nitrogens is 1. The maximum Gasteiger partial charge on any atom is 0.254 e. The van der Waals surface area contributed by atoms with Crippen LogP contribution >= 0.6 is 11.9 Å². The Morgan fingerprint density at radius 3 is 2.69 bits per heavy atom. The first kappa shape index (κ1) is 22.2. The third kappa shape index (κ3) is 5.23. The highest BCUT2D eigenvalue weighted by Crippen LogP contribution is 2.27. The number of amides is 1. The molecule has 3 aromatic rings. The van der Waals surface area contributed by atoms with Gasteiger partial charge in [0.15, 0.2) is 0 Å². The summed E-state index contributed by atoms with van der Waals surface area (Å²) in [5.74, 6) is 0.742. The minimum atomic E-state index is -0.243. The summed E-state index contributed by atoms with van der Waals surface area (Å²) in [6.07, 6.45) is 1.33. The molecule has 0 aliphatic carbocycles. The second-order valence-electron chi connectivity index (χ2n) is 7.86. The smallest absolute Gasteiger partial charge is 0.254 e.